The summed E-state index contributed by atoms with van der Waals surface area (Å²) in [6.45, 7) is 1.41. The van der Waals surface area contributed by atoms with Crippen molar-refractivity contribution >= 4 is 15.9 Å². The van der Waals surface area contributed by atoms with Gasteiger partial charge in [0.1, 0.15) is 5.75 Å². The van der Waals surface area contributed by atoms with Crippen LogP contribution in [-0.2, 0) is 17.1 Å². The van der Waals surface area contributed by atoms with E-state index in [1.807, 2.05) is 0 Å². The van der Waals surface area contributed by atoms with Crippen molar-refractivity contribution in [2.45, 2.75) is 11.4 Å². The largest absolute Gasteiger partial charge is 0.496 e. The fourth-order valence-corrected chi connectivity index (χ4v) is 4.42. The van der Waals surface area contributed by atoms with Crippen LogP contribution in [0.25, 0.3) is 0 Å². The lowest BCUT2D eigenvalue weighted by Crippen LogP contribution is -2.37. The molecular formula is C17H22N4O4S. The van der Waals surface area contributed by atoms with Gasteiger partial charge in [-0.1, -0.05) is 12.1 Å². The summed E-state index contributed by atoms with van der Waals surface area (Å²) >= 11 is 0. The molecule has 26 heavy (non-hydrogen) atoms. The summed E-state index contributed by atoms with van der Waals surface area (Å²) in [6.07, 6.45) is 3.51. The number of nitrogens with zero attached hydrogens (tertiary/aromatic N) is 4. The Kier molecular flexibility index (Phi) is 5.28. The van der Waals surface area contributed by atoms with Crippen LogP contribution in [0.2, 0.25) is 0 Å². The minimum Gasteiger partial charge on any atom is -0.496 e. The van der Waals surface area contributed by atoms with Gasteiger partial charge in [0.05, 0.1) is 19.0 Å². The first-order chi connectivity index (χ1) is 12.4. The molecule has 0 unspecified atom stereocenters. The Morgan fingerprint density at radius 3 is 2.62 bits per heavy atom. The summed E-state index contributed by atoms with van der Waals surface area (Å²) in [5.74, 6) is 0.360. The number of carbonyl (C=O) groups is 1. The van der Waals surface area contributed by atoms with E-state index in [4.69, 9.17) is 4.74 Å². The molecule has 8 nitrogen and oxygen atoms in total. The third-order valence-corrected chi connectivity index (χ3v) is 6.15. The fourth-order valence-electron chi connectivity index (χ4n) is 2.98. The van der Waals surface area contributed by atoms with Gasteiger partial charge < -0.3 is 14.2 Å². The number of amides is 1. The van der Waals surface area contributed by atoms with Crippen LogP contribution in [0.15, 0.2) is 41.8 Å². The van der Waals surface area contributed by atoms with Crippen LogP contribution in [0.1, 0.15) is 16.8 Å². The van der Waals surface area contributed by atoms with Gasteiger partial charge in [0, 0.05) is 39.4 Å². The molecule has 1 aromatic carbocycles. The van der Waals surface area contributed by atoms with Gasteiger partial charge in [-0.05, 0) is 18.6 Å². The molecule has 0 atom stereocenters. The molecular weight excluding hydrogens is 356 g/mol. The van der Waals surface area contributed by atoms with Crippen molar-refractivity contribution < 1.29 is 17.9 Å². The highest BCUT2D eigenvalue weighted by atomic mass is 32.2. The standard InChI is InChI=1S/C17H22N4O4S/c1-19-12-16(18-13-19)26(23,24)21-9-5-8-20(10-11-21)17(22)14-6-3-4-7-15(14)25-2/h3-4,6-7,12-13H,5,8-11H2,1-2H3. The second kappa shape index (κ2) is 7.46. The summed E-state index contributed by atoms with van der Waals surface area (Å²) in [4.78, 5) is 18.5. The van der Waals surface area contributed by atoms with Crippen molar-refractivity contribution in [1.82, 2.24) is 18.8 Å². The van der Waals surface area contributed by atoms with Crippen LogP contribution in [0, 0.1) is 0 Å². The van der Waals surface area contributed by atoms with Crippen molar-refractivity contribution in [3.8, 4) is 5.75 Å². The van der Waals surface area contributed by atoms with Gasteiger partial charge >= 0.3 is 0 Å². The number of sulfonamides is 1. The Bertz CT molecular complexity index is 894. The van der Waals surface area contributed by atoms with Gasteiger partial charge in [-0.3, -0.25) is 4.79 Å². The second-order valence-electron chi connectivity index (χ2n) is 6.13. The van der Waals surface area contributed by atoms with Crippen molar-refractivity contribution in [1.29, 1.82) is 0 Å². The highest BCUT2D eigenvalue weighted by Gasteiger charge is 2.30. The Balaban J connectivity index is 1.75. The molecule has 0 aliphatic carbocycles. The zero-order valence-corrected chi connectivity index (χ0v) is 15.6. The van der Waals surface area contributed by atoms with Gasteiger partial charge in [-0.25, -0.2) is 13.4 Å². The Labute approximate surface area is 153 Å². The number of hydrogen-bond acceptors (Lipinski definition) is 5. The quantitative estimate of drug-likeness (QED) is 0.791. The van der Waals surface area contributed by atoms with Gasteiger partial charge in [-0.2, -0.15) is 4.31 Å². The molecule has 0 N–H and O–H groups in total. The lowest BCUT2D eigenvalue weighted by Gasteiger charge is -2.22. The number of benzene rings is 1. The number of carbonyl (C=O) groups excluding carboxylic acids is 1. The maximum absolute atomic E-state index is 12.8. The molecule has 1 aromatic heterocycles. The van der Waals surface area contributed by atoms with E-state index in [0.717, 1.165) is 0 Å². The zero-order valence-electron chi connectivity index (χ0n) is 14.8. The first-order valence-electron chi connectivity index (χ1n) is 8.34. The first-order valence-corrected chi connectivity index (χ1v) is 9.78. The predicted octanol–water partition coefficient (Wildman–Crippen LogP) is 0.965. The molecule has 3 rings (SSSR count). The molecule has 2 heterocycles. The topological polar surface area (TPSA) is 84.7 Å². The van der Waals surface area contributed by atoms with E-state index in [2.05, 4.69) is 4.98 Å². The molecule has 0 bridgehead atoms. The maximum Gasteiger partial charge on any atom is 0.262 e. The van der Waals surface area contributed by atoms with E-state index in [9.17, 15) is 13.2 Å². The minimum absolute atomic E-state index is 0.0319. The summed E-state index contributed by atoms with van der Waals surface area (Å²) in [5, 5.41) is 0.0319. The third kappa shape index (κ3) is 3.58. The zero-order chi connectivity index (χ0) is 18.7. The maximum atomic E-state index is 12.8. The van der Waals surface area contributed by atoms with Crippen LogP contribution < -0.4 is 4.74 Å². The number of aromatic nitrogens is 2. The number of aryl methyl sites for hydroxylation is 1. The molecule has 1 amide bonds. The third-order valence-electron chi connectivity index (χ3n) is 4.36. The summed E-state index contributed by atoms with van der Waals surface area (Å²) < 4.78 is 33.7. The van der Waals surface area contributed by atoms with Crippen molar-refractivity contribution in [2.75, 3.05) is 33.3 Å². The number of ether oxygens (including phenoxy) is 1. The highest BCUT2D eigenvalue weighted by molar-refractivity contribution is 7.89. The van der Waals surface area contributed by atoms with Gasteiger partial charge in [0.25, 0.3) is 15.9 Å². The number of rotatable bonds is 4. The lowest BCUT2D eigenvalue weighted by molar-refractivity contribution is 0.0761. The first kappa shape index (κ1) is 18.4. The van der Waals surface area contributed by atoms with E-state index in [1.54, 1.807) is 40.8 Å². The molecule has 140 valence electrons. The molecule has 0 radical (unpaired) electrons. The van der Waals surface area contributed by atoms with Crippen LogP contribution in [0.3, 0.4) is 0 Å². The molecule has 1 aliphatic heterocycles. The van der Waals surface area contributed by atoms with Crippen LogP contribution in [0.4, 0.5) is 0 Å². The molecule has 0 spiro atoms. The smallest absolute Gasteiger partial charge is 0.262 e. The minimum atomic E-state index is -3.65. The van der Waals surface area contributed by atoms with E-state index >= 15 is 0 Å². The van der Waals surface area contributed by atoms with Crippen LogP contribution >= 0.6 is 0 Å². The monoisotopic (exact) mass is 378 g/mol. The molecule has 1 fully saturated rings. The van der Waals surface area contributed by atoms with Crippen molar-refractivity contribution in [3.05, 3.63) is 42.4 Å². The Morgan fingerprint density at radius 1 is 1.15 bits per heavy atom. The molecule has 1 aliphatic rings. The second-order valence-corrected chi connectivity index (χ2v) is 8.01. The van der Waals surface area contributed by atoms with Crippen molar-refractivity contribution in [3.63, 3.8) is 0 Å². The van der Waals surface area contributed by atoms with Gasteiger partial charge in [0.2, 0.25) is 0 Å². The Morgan fingerprint density at radius 2 is 1.92 bits per heavy atom. The number of imidazole rings is 1. The van der Waals surface area contributed by atoms with Crippen molar-refractivity contribution in [2.24, 2.45) is 7.05 Å². The van der Waals surface area contributed by atoms with E-state index in [-0.39, 0.29) is 17.5 Å². The SMILES string of the molecule is COc1ccccc1C(=O)N1CCCN(S(=O)(=O)c2cn(C)cn2)CC1. The fraction of sp³-hybridized carbons (Fsp3) is 0.412. The molecule has 2 aromatic rings. The van der Waals surface area contributed by atoms with Crippen LogP contribution in [-0.4, -0.2) is 66.4 Å². The van der Waals surface area contributed by atoms with E-state index < -0.39 is 10.0 Å². The van der Waals surface area contributed by atoms with Gasteiger partial charge in [-0.15, -0.1) is 0 Å². The molecule has 1 saturated heterocycles. The van der Waals surface area contributed by atoms with E-state index in [0.29, 0.717) is 37.4 Å². The predicted molar refractivity (Wildman–Crippen MR) is 95.5 cm³/mol. The number of hydrogen-bond donors (Lipinski definition) is 0. The van der Waals surface area contributed by atoms with E-state index in [1.165, 1.54) is 23.9 Å². The summed E-state index contributed by atoms with van der Waals surface area (Å²) in [6, 6.07) is 7.04. The lowest BCUT2D eigenvalue weighted by atomic mass is 10.1. The summed E-state index contributed by atoms with van der Waals surface area (Å²) in [7, 11) is -0.405. The van der Waals surface area contributed by atoms with Gasteiger partial charge in [0.15, 0.2) is 5.03 Å². The average Bonchev–Trinajstić information content (AvgIpc) is 2.93. The Hall–Kier alpha value is -2.39. The van der Waals surface area contributed by atoms with Crippen LogP contribution in [0.5, 0.6) is 5.75 Å². The number of para-hydroxylation sites is 1. The highest BCUT2D eigenvalue weighted by Crippen LogP contribution is 2.21. The summed E-state index contributed by atoms with van der Waals surface area (Å²) in [5.41, 5.74) is 0.482. The molecule has 0 saturated carbocycles. The average molecular weight is 378 g/mol. The molecule has 9 heteroatoms. The number of methoxy groups -OCH3 is 1. The normalized spacial score (nSPS) is 16.3.